The van der Waals surface area contributed by atoms with Crippen LogP contribution in [0.4, 0.5) is 0 Å². The molecule has 1 N–H and O–H groups in total. The largest absolute Gasteiger partial charge is 0.495 e. The number of hydrogen-bond donors (Lipinski definition) is 1. The Morgan fingerprint density at radius 3 is 2.56 bits per heavy atom. The van der Waals surface area contributed by atoms with Crippen LogP contribution in [0.3, 0.4) is 0 Å². The lowest BCUT2D eigenvalue weighted by atomic mass is 10.2. The summed E-state index contributed by atoms with van der Waals surface area (Å²) >= 11 is 11.9. The Morgan fingerprint density at radius 1 is 1.19 bits per heavy atom. The van der Waals surface area contributed by atoms with Crippen LogP contribution in [-0.2, 0) is 17.9 Å². The molecule has 0 aliphatic carbocycles. The number of aromatic nitrogens is 3. The van der Waals surface area contributed by atoms with E-state index in [9.17, 15) is 14.4 Å². The van der Waals surface area contributed by atoms with Gasteiger partial charge in [-0.2, -0.15) is 0 Å². The number of pyridine rings is 1. The van der Waals surface area contributed by atoms with E-state index < -0.39 is 23.8 Å². The van der Waals surface area contributed by atoms with Crippen LogP contribution in [0.15, 0.2) is 40.1 Å². The molecule has 0 radical (unpaired) electrons. The molecule has 2 heterocycles. The molecule has 0 saturated carbocycles. The number of carboxylic acid groups (broad SMARTS) is 1. The lowest BCUT2D eigenvalue weighted by molar-refractivity contribution is -0.137. The second kappa shape index (κ2) is 7.42. The highest BCUT2D eigenvalue weighted by Crippen LogP contribution is 2.23. The highest BCUT2D eigenvalue weighted by atomic mass is 35.5. The summed E-state index contributed by atoms with van der Waals surface area (Å²) in [5, 5.41) is 9.78. The van der Waals surface area contributed by atoms with E-state index in [1.807, 2.05) is 0 Å². The summed E-state index contributed by atoms with van der Waals surface area (Å²) in [5.41, 5.74) is -0.808. The van der Waals surface area contributed by atoms with E-state index in [0.29, 0.717) is 25.9 Å². The van der Waals surface area contributed by atoms with Crippen molar-refractivity contribution >= 4 is 40.2 Å². The third kappa shape index (κ3) is 3.67. The molecule has 0 atom stereocenters. The first-order valence-corrected chi connectivity index (χ1v) is 8.40. The van der Waals surface area contributed by atoms with Crippen LogP contribution in [0.25, 0.3) is 11.0 Å². The first kappa shape index (κ1) is 18.9. The monoisotopic (exact) mass is 409 g/mol. The predicted octanol–water partition coefficient (Wildman–Crippen LogP) is 2.01. The van der Waals surface area contributed by atoms with Gasteiger partial charge in [0.15, 0.2) is 0 Å². The first-order chi connectivity index (χ1) is 12.8. The fraction of sp³-hybridized carbons (Fsp3) is 0.176. The molecular formula is C17H13Cl2N3O5. The minimum Gasteiger partial charge on any atom is -0.495 e. The molecule has 2 aromatic heterocycles. The number of fused-ring (bicyclic) bond motifs is 1. The SMILES string of the molecule is COc1cnc2c(c1)c(=O)n(CC(=O)O)c(=O)n2Cc1ccc(Cl)c(Cl)c1. The van der Waals surface area contributed by atoms with Crippen LogP contribution in [-0.4, -0.2) is 32.3 Å². The fourth-order valence-corrected chi connectivity index (χ4v) is 2.95. The maximum atomic E-state index is 12.8. The summed E-state index contributed by atoms with van der Waals surface area (Å²) in [5.74, 6) is -1.01. The van der Waals surface area contributed by atoms with Crippen molar-refractivity contribution in [2.24, 2.45) is 0 Å². The van der Waals surface area contributed by atoms with Crippen molar-refractivity contribution in [3.63, 3.8) is 0 Å². The Balaban J connectivity index is 2.28. The minimum atomic E-state index is -1.31. The molecular weight excluding hydrogens is 397 g/mol. The maximum Gasteiger partial charge on any atom is 0.333 e. The van der Waals surface area contributed by atoms with E-state index in [0.717, 1.165) is 0 Å². The van der Waals surface area contributed by atoms with Gasteiger partial charge in [-0.05, 0) is 23.8 Å². The van der Waals surface area contributed by atoms with E-state index in [1.165, 1.54) is 23.9 Å². The van der Waals surface area contributed by atoms with E-state index >= 15 is 0 Å². The van der Waals surface area contributed by atoms with Crippen molar-refractivity contribution in [1.82, 2.24) is 14.1 Å². The summed E-state index contributed by atoms with van der Waals surface area (Å²) < 4.78 is 6.92. The van der Waals surface area contributed by atoms with Gasteiger partial charge < -0.3 is 9.84 Å². The molecule has 3 rings (SSSR count). The quantitative estimate of drug-likeness (QED) is 0.690. The van der Waals surface area contributed by atoms with Crippen LogP contribution in [0.5, 0.6) is 5.75 Å². The Bertz CT molecular complexity index is 1170. The molecule has 0 bridgehead atoms. The topological polar surface area (TPSA) is 103 Å². The molecule has 3 aromatic rings. The van der Waals surface area contributed by atoms with Crippen molar-refractivity contribution in [1.29, 1.82) is 0 Å². The Morgan fingerprint density at radius 2 is 1.93 bits per heavy atom. The van der Waals surface area contributed by atoms with Crippen LogP contribution in [0, 0.1) is 0 Å². The van der Waals surface area contributed by atoms with Gasteiger partial charge in [0.05, 0.1) is 35.3 Å². The highest BCUT2D eigenvalue weighted by molar-refractivity contribution is 6.42. The van der Waals surface area contributed by atoms with Gasteiger partial charge in [0.1, 0.15) is 17.9 Å². The molecule has 0 aliphatic heterocycles. The number of carbonyl (C=O) groups is 1. The van der Waals surface area contributed by atoms with Gasteiger partial charge >= 0.3 is 11.7 Å². The zero-order valence-corrected chi connectivity index (χ0v) is 15.5. The van der Waals surface area contributed by atoms with Crippen molar-refractivity contribution < 1.29 is 14.6 Å². The summed E-state index contributed by atoms with van der Waals surface area (Å²) in [6.07, 6.45) is 1.37. The Labute approximate surface area is 162 Å². The van der Waals surface area contributed by atoms with Crippen molar-refractivity contribution in [3.05, 3.63) is 66.9 Å². The number of hydrogen-bond acceptors (Lipinski definition) is 5. The molecule has 0 saturated heterocycles. The van der Waals surface area contributed by atoms with E-state index in [1.54, 1.807) is 18.2 Å². The lowest BCUT2D eigenvalue weighted by Crippen LogP contribution is -2.42. The van der Waals surface area contributed by atoms with Crippen molar-refractivity contribution in [2.45, 2.75) is 13.1 Å². The molecule has 0 fully saturated rings. The third-order valence-corrected chi connectivity index (χ3v) is 4.63. The van der Waals surface area contributed by atoms with Crippen LogP contribution in [0.2, 0.25) is 10.0 Å². The summed E-state index contributed by atoms with van der Waals surface area (Å²) in [6, 6.07) is 6.24. The Kier molecular flexibility index (Phi) is 5.20. The molecule has 27 heavy (non-hydrogen) atoms. The summed E-state index contributed by atoms with van der Waals surface area (Å²) in [6.45, 7) is -0.752. The number of aliphatic carboxylic acids is 1. The predicted molar refractivity (Wildman–Crippen MR) is 100 cm³/mol. The molecule has 0 amide bonds. The molecule has 0 unspecified atom stereocenters. The molecule has 0 spiro atoms. The summed E-state index contributed by atoms with van der Waals surface area (Å²) in [4.78, 5) is 40.6. The Hall–Kier alpha value is -2.84. The van der Waals surface area contributed by atoms with E-state index in [2.05, 4.69) is 4.98 Å². The maximum absolute atomic E-state index is 12.8. The van der Waals surface area contributed by atoms with Gasteiger partial charge in [-0.1, -0.05) is 29.3 Å². The molecule has 1 aromatic carbocycles. The molecule has 8 nitrogen and oxygen atoms in total. The van der Waals surface area contributed by atoms with Gasteiger partial charge in [-0.15, -0.1) is 0 Å². The average Bonchev–Trinajstić information content (AvgIpc) is 2.64. The number of carboxylic acids is 1. The first-order valence-electron chi connectivity index (χ1n) is 7.65. The fourth-order valence-electron chi connectivity index (χ4n) is 2.63. The van der Waals surface area contributed by atoms with Crippen LogP contribution < -0.4 is 16.0 Å². The smallest absolute Gasteiger partial charge is 0.333 e. The number of rotatable bonds is 5. The second-order valence-electron chi connectivity index (χ2n) is 5.65. The van der Waals surface area contributed by atoms with E-state index in [-0.39, 0.29) is 17.6 Å². The standard InChI is InChI=1S/C17H13Cl2N3O5/c1-27-10-5-11-15(20-6-10)21(7-9-2-3-12(18)13(19)4-9)17(26)22(16(11)25)8-14(23)24/h2-6H,7-8H2,1H3,(H,23,24). The second-order valence-corrected chi connectivity index (χ2v) is 6.46. The minimum absolute atomic E-state index is 0.0193. The zero-order valence-electron chi connectivity index (χ0n) is 14.0. The van der Waals surface area contributed by atoms with Gasteiger partial charge in [0.25, 0.3) is 5.56 Å². The number of methoxy groups -OCH3 is 1. The number of halogens is 2. The van der Waals surface area contributed by atoms with Crippen LogP contribution in [0.1, 0.15) is 5.56 Å². The third-order valence-electron chi connectivity index (χ3n) is 3.89. The zero-order chi connectivity index (χ0) is 19.7. The van der Waals surface area contributed by atoms with Gasteiger partial charge in [0, 0.05) is 0 Å². The lowest BCUT2D eigenvalue weighted by Gasteiger charge is -2.13. The molecule has 0 aliphatic rings. The van der Waals surface area contributed by atoms with Gasteiger partial charge in [-0.25, -0.2) is 14.3 Å². The molecule has 140 valence electrons. The van der Waals surface area contributed by atoms with E-state index in [4.69, 9.17) is 33.0 Å². The van der Waals surface area contributed by atoms with Gasteiger partial charge in [-0.3, -0.25) is 14.2 Å². The normalized spacial score (nSPS) is 10.9. The number of ether oxygens (including phenoxy) is 1. The highest BCUT2D eigenvalue weighted by Gasteiger charge is 2.17. The average molecular weight is 410 g/mol. The molecule has 10 heteroatoms. The van der Waals surface area contributed by atoms with Crippen LogP contribution >= 0.6 is 23.2 Å². The van der Waals surface area contributed by atoms with Gasteiger partial charge in [0.2, 0.25) is 0 Å². The van der Waals surface area contributed by atoms with Crippen molar-refractivity contribution in [2.75, 3.05) is 7.11 Å². The number of benzene rings is 1. The van der Waals surface area contributed by atoms with Crippen molar-refractivity contribution in [3.8, 4) is 5.75 Å². The number of nitrogens with zero attached hydrogens (tertiary/aromatic N) is 3. The summed E-state index contributed by atoms with van der Waals surface area (Å²) in [7, 11) is 1.41.